The van der Waals surface area contributed by atoms with Crippen molar-refractivity contribution in [2.45, 2.75) is 78.3 Å². The van der Waals surface area contributed by atoms with Gasteiger partial charge in [0.25, 0.3) is 0 Å². The van der Waals surface area contributed by atoms with E-state index < -0.39 is 0 Å². The molecule has 2 saturated carbocycles. The van der Waals surface area contributed by atoms with E-state index in [0.717, 1.165) is 12.0 Å². The maximum Gasteiger partial charge on any atom is 0.00967 e. The molecule has 2 fully saturated rings. The van der Waals surface area contributed by atoms with E-state index in [0.29, 0.717) is 11.5 Å². The fraction of sp³-hybridized carbons (Fsp3) is 1.00. The van der Waals surface area contributed by atoms with Crippen LogP contribution in [0.4, 0.5) is 0 Å². The molecule has 0 heterocycles. The molecule has 2 nitrogen and oxygen atoms in total. The first-order chi connectivity index (χ1) is 9.02. The topological polar surface area (TPSA) is 15.3 Å². The van der Waals surface area contributed by atoms with Crippen molar-refractivity contribution in [1.82, 2.24) is 10.2 Å². The molecule has 1 N–H and O–H groups in total. The molecule has 2 aliphatic rings. The van der Waals surface area contributed by atoms with Crippen molar-refractivity contribution in [3.05, 3.63) is 0 Å². The van der Waals surface area contributed by atoms with Gasteiger partial charge in [-0.15, -0.1) is 0 Å². The van der Waals surface area contributed by atoms with Crippen LogP contribution in [0.15, 0.2) is 0 Å². The minimum atomic E-state index is 0.455. The molecule has 2 rings (SSSR count). The minimum absolute atomic E-state index is 0.455. The molecular weight excluding hydrogens is 232 g/mol. The van der Waals surface area contributed by atoms with Gasteiger partial charge in [0, 0.05) is 31.7 Å². The van der Waals surface area contributed by atoms with E-state index in [9.17, 15) is 0 Å². The van der Waals surface area contributed by atoms with Crippen molar-refractivity contribution < 1.29 is 0 Å². The van der Waals surface area contributed by atoms with E-state index in [1.165, 1.54) is 58.2 Å². The highest BCUT2D eigenvalue weighted by atomic mass is 15.2. The summed E-state index contributed by atoms with van der Waals surface area (Å²) in [6.45, 7) is 13.2. The molecule has 0 spiro atoms. The summed E-state index contributed by atoms with van der Waals surface area (Å²) in [5.74, 6) is 1.03. The molecule has 0 aromatic rings. The Morgan fingerprint density at radius 2 is 1.89 bits per heavy atom. The summed E-state index contributed by atoms with van der Waals surface area (Å²) in [4.78, 5) is 2.83. The molecule has 19 heavy (non-hydrogen) atoms. The van der Waals surface area contributed by atoms with Crippen molar-refractivity contribution in [2.75, 3.05) is 19.6 Å². The smallest absolute Gasteiger partial charge is 0.00967 e. The molecule has 1 unspecified atom stereocenters. The zero-order chi connectivity index (χ0) is 13.9. The van der Waals surface area contributed by atoms with E-state index >= 15 is 0 Å². The average Bonchev–Trinajstić information content (AvgIpc) is 3.18. The Bertz CT molecular complexity index is 268. The second-order valence-corrected chi connectivity index (χ2v) is 7.70. The highest BCUT2D eigenvalue weighted by Crippen LogP contribution is 2.37. The largest absolute Gasteiger partial charge is 0.314 e. The third-order valence-electron chi connectivity index (χ3n) is 4.63. The Balaban J connectivity index is 1.87. The Morgan fingerprint density at radius 1 is 1.21 bits per heavy atom. The molecule has 0 aromatic heterocycles. The molecule has 1 atom stereocenters. The van der Waals surface area contributed by atoms with Crippen LogP contribution >= 0.6 is 0 Å². The Kier molecular flexibility index (Phi) is 5.30. The number of nitrogens with one attached hydrogen (secondary N) is 1. The summed E-state index contributed by atoms with van der Waals surface area (Å²) >= 11 is 0. The van der Waals surface area contributed by atoms with Crippen LogP contribution in [0.1, 0.15) is 66.2 Å². The third kappa shape index (κ3) is 5.43. The van der Waals surface area contributed by atoms with Gasteiger partial charge in [0.2, 0.25) is 0 Å². The van der Waals surface area contributed by atoms with Gasteiger partial charge in [-0.2, -0.15) is 0 Å². The molecule has 0 bridgehead atoms. The van der Waals surface area contributed by atoms with Gasteiger partial charge in [-0.25, -0.2) is 0 Å². The zero-order valence-corrected chi connectivity index (χ0v) is 13.5. The van der Waals surface area contributed by atoms with Gasteiger partial charge in [-0.3, -0.25) is 4.90 Å². The predicted molar refractivity (Wildman–Crippen MR) is 83.5 cm³/mol. The first-order valence-corrected chi connectivity index (χ1v) is 8.50. The fourth-order valence-electron chi connectivity index (χ4n) is 3.18. The normalized spacial score (nSPS) is 23.1. The summed E-state index contributed by atoms with van der Waals surface area (Å²) < 4.78 is 0. The molecule has 0 radical (unpaired) electrons. The number of nitrogens with zero attached hydrogens (tertiary/aromatic N) is 1. The van der Waals surface area contributed by atoms with Crippen molar-refractivity contribution in [3.63, 3.8) is 0 Å². The zero-order valence-electron chi connectivity index (χ0n) is 13.5. The van der Waals surface area contributed by atoms with Gasteiger partial charge in [-0.1, -0.05) is 34.1 Å². The van der Waals surface area contributed by atoms with Gasteiger partial charge in [0.1, 0.15) is 0 Å². The molecule has 0 aromatic carbocycles. The maximum atomic E-state index is 3.68. The Labute approximate surface area is 120 Å². The second-order valence-electron chi connectivity index (χ2n) is 7.70. The van der Waals surface area contributed by atoms with Gasteiger partial charge < -0.3 is 5.32 Å². The molecular formula is C17H34N2. The van der Waals surface area contributed by atoms with E-state index in [2.05, 4.69) is 37.9 Å². The van der Waals surface area contributed by atoms with E-state index in [-0.39, 0.29) is 0 Å². The number of hydrogen-bond acceptors (Lipinski definition) is 2. The van der Waals surface area contributed by atoms with Gasteiger partial charge in [0.05, 0.1) is 0 Å². The van der Waals surface area contributed by atoms with Crippen molar-refractivity contribution in [3.8, 4) is 0 Å². The lowest BCUT2D eigenvalue weighted by atomic mass is 9.84. The molecule has 0 amide bonds. The number of hydrogen-bond donors (Lipinski definition) is 1. The van der Waals surface area contributed by atoms with E-state index in [1.807, 2.05) is 0 Å². The predicted octanol–water partition coefficient (Wildman–Crippen LogP) is 3.67. The maximum absolute atomic E-state index is 3.68. The third-order valence-corrected chi connectivity index (χ3v) is 4.63. The quantitative estimate of drug-likeness (QED) is 0.649. The average molecular weight is 266 g/mol. The summed E-state index contributed by atoms with van der Waals surface area (Å²) in [7, 11) is 0. The SMILES string of the molecule is CCCC(C)(CNC(C)C)CN(CC1CC1)C1CC1. The van der Waals surface area contributed by atoms with E-state index in [4.69, 9.17) is 0 Å². The van der Waals surface area contributed by atoms with Crippen LogP contribution in [-0.2, 0) is 0 Å². The van der Waals surface area contributed by atoms with Crippen LogP contribution in [-0.4, -0.2) is 36.6 Å². The summed E-state index contributed by atoms with van der Waals surface area (Å²) in [5.41, 5.74) is 0.455. The summed E-state index contributed by atoms with van der Waals surface area (Å²) in [6, 6.07) is 1.53. The van der Waals surface area contributed by atoms with Gasteiger partial charge in [-0.05, 0) is 43.4 Å². The van der Waals surface area contributed by atoms with Crippen LogP contribution in [0.3, 0.4) is 0 Å². The van der Waals surface area contributed by atoms with Crippen molar-refractivity contribution in [1.29, 1.82) is 0 Å². The van der Waals surface area contributed by atoms with Gasteiger partial charge >= 0.3 is 0 Å². The lowest BCUT2D eigenvalue weighted by molar-refractivity contribution is 0.135. The van der Waals surface area contributed by atoms with Crippen LogP contribution in [0, 0.1) is 11.3 Å². The van der Waals surface area contributed by atoms with E-state index in [1.54, 1.807) is 0 Å². The van der Waals surface area contributed by atoms with Crippen LogP contribution in [0.5, 0.6) is 0 Å². The Hall–Kier alpha value is -0.0800. The molecule has 2 heteroatoms. The monoisotopic (exact) mass is 266 g/mol. The highest BCUT2D eigenvalue weighted by Gasteiger charge is 2.37. The molecule has 112 valence electrons. The van der Waals surface area contributed by atoms with Gasteiger partial charge in [0.15, 0.2) is 0 Å². The molecule has 0 aliphatic heterocycles. The fourth-order valence-corrected chi connectivity index (χ4v) is 3.18. The second kappa shape index (κ2) is 6.58. The summed E-state index contributed by atoms with van der Waals surface area (Å²) in [6.07, 6.45) is 8.52. The van der Waals surface area contributed by atoms with Crippen molar-refractivity contribution in [2.24, 2.45) is 11.3 Å². The van der Waals surface area contributed by atoms with Crippen LogP contribution < -0.4 is 5.32 Å². The Morgan fingerprint density at radius 3 is 2.37 bits per heavy atom. The van der Waals surface area contributed by atoms with Crippen LogP contribution in [0.25, 0.3) is 0 Å². The number of rotatable bonds is 10. The molecule has 0 saturated heterocycles. The first kappa shape index (κ1) is 15.3. The minimum Gasteiger partial charge on any atom is -0.314 e. The summed E-state index contributed by atoms with van der Waals surface area (Å²) in [5, 5.41) is 3.68. The van der Waals surface area contributed by atoms with Crippen molar-refractivity contribution >= 4 is 0 Å². The lowest BCUT2D eigenvalue weighted by Gasteiger charge is -2.37. The first-order valence-electron chi connectivity index (χ1n) is 8.50. The highest BCUT2D eigenvalue weighted by molar-refractivity contribution is 4.92. The standard InChI is InChI=1S/C17H34N2/c1-5-10-17(4,12-18-14(2)3)13-19(16-8-9-16)11-15-6-7-15/h14-16,18H,5-13H2,1-4H3. The molecule has 2 aliphatic carbocycles. The lowest BCUT2D eigenvalue weighted by Crippen LogP contribution is -2.45. The van der Waals surface area contributed by atoms with Crippen LogP contribution in [0.2, 0.25) is 0 Å².